The Hall–Kier alpha value is -3.44. The molecular weight excluding hydrogens is 352 g/mol. The third-order valence-corrected chi connectivity index (χ3v) is 5.42. The summed E-state index contributed by atoms with van der Waals surface area (Å²) in [5.41, 5.74) is 3.23. The number of aromatic nitrogens is 2. The van der Waals surface area contributed by atoms with Gasteiger partial charge in [0.15, 0.2) is 10.9 Å². The predicted octanol–water partition coefficient (Wildman–Crippen LogP) is 4.12. The van der Waals surface area contributed by atoms with E-state index in [2.05, 4.69) is 9.97 Å². The van der Waals surface area contributed by atoms with Crippen molar-refractivity contribution in [3.8, 4) is 0 Å². The van der Waals surface area contributed by atoms with Gasteiger partial charge in [-0.05, 0) is 48.4 Å². The van der Waals surface area contributed by atoms with Gasteiger partial charge in [-0.25, -0.2) is 0 Å². The Labute approximate surface area is 159 Å². The summed E-state index contributed by atoms with van der Waals surface area (Å²) < 4.78 is 0. The second-order valence-electron chi connectivity index (χ2n) is 7.13. The average Bonchev–Trinajstić information content (AvgIpc) is 2.72. The molecule has 0 aliphatic carbocycles. The van der Waals surface area contributed by atoms with Crippen LogP contribution in [0.1, 0.15) is 25.0 Å². The highest BCUT2D eigenvalue weighted by molar-refractivity contribution is 6.02. The molecule has 1 unspecified atom stereocenters. The predicted molar refractivity (Wildman–Crippen MR) is 113 cm³/mol. The Balaban J connectivity index is 1.89. The maximum Gasteiger partial charge on any atom is 0.197 e. The molecule has 2 heterocycles. The molecular formula is C23H18N2O3. The SMILES string of the molecule is CCC(O)c1ccc2c(=O)c3cc4[nH]c5ccccc5c(=O)c4cc3[nH]c2c1. The number of pyridine rings is 2. The average molecular weight is 370 g/mol. The molecule has 0 fully saturated rings. The van der Waals surface area contributed by atoms with E-state index in [0.29, 0.717) is 44.5 Å². The van der Waals surface area contributed by atoms with Gasteiger partial charge in [0.05, 0.1) is 22.7 Å². The van der Waals surface area contributed by atoms with Crippen LogP contribution in [0.5, 0.6) is 0 Å². The van der Waals surface area contributed by atoms with Gasteiger partial charge >= 0.3 is 0 Å². The molecule has 5 rings (SSSR count). The van der Waals surface area contributed by atoms with Crippen molar-refractivity contribution in [2.75, 3.05) is 0 Å². The molecule has 3 aromatic carbocycles. The van der Waals surface area contributed by atoms with Crippen molar-refractivity contribution in [1.82, 2.24) is 9.97 Å². The number of benzene rings is 3. The molecule has 138 valence electrons. The van der Waals surface area contributed by atoms with Gasteiger partial charge in [0, 0.05) is 27.1 Å². The highest BCUT2D eigenvalue weighted by atomic mass is 16.3. The summed E-state index contributed by atoms with van der Waals surface area (Å²) in [6.45, 7) is 1.90. The lowest BCUT2D eigenvalue weighted by atomic mass is 10.0. The van der Waals surface area contributed by atoms with E-state index in [0.717, 1.165) is 11.1 Å². The van der Waals surface area contributed by atoms with Crippen LogP contribution in [0.3, 0.4) is 0 Å². The molecule has 0 saturated carbocycles. The Morgan fingerprint density at radius 1 is 0.750 bits per heavy atom. The molecule has 3 N–H and O–H groups in total. The van der Waals surface area contributed by atoms with Crippen LogP contribution in [0.4, 0.5) is 0 Å². The number of hydrogen-bond donors (Lipinski definition) is 3. The van der Waals surface area contributed by atoms with Crippen molar-refractivity contribution in [2.45, 2.75) is 19.4 Å². The van der Waals surface area contributed by atoms with Gasteiger partial charge in [-0.3, -0.25) is 9.59 Å². The monoisotopic (exact) mass is 370 g/mol. The van der Waals surface area contributed by atoms with E-state index in [-0.39, 0.29) is 10.9 Å². The molecule has 0 radical (unpaired) electrons. The minimum atomic E-state index is -0.575. The fourth-order valence-electron chi connectivity index (χ4n) is 3.86. The molecule has 0 aliphatic rings. The number of aliphatic hydroxyl groups excluding tert-OH is 1. The maximum absolute atomic E-state index is 13.1. The van der Waals surface area contributed by atoms with E-state index < -0.39 is 6.10 Å². The van der Waals surface area contributed by atoms with Crippen molar-refractivity contribution in [1.29, 1.82) is 0 Å². The fourth-order valence-corrected chi connectivity index (χ4v) is 3.86. The van der Waals surface area contributed by atoms with Crippen molar-refractivity contribution >= 4 is 43.6 Å². The Morgan fingerprint density at radius 3 is 2.00 bits per heavy atom. The molecule has 2 aromatic heterocycles. The quantitative estimate of drug-likeness (QED) is 0.409. The van der Waals surface area contributed by atoms with Crippen LogP contribution in [-0.4, -0.2) is 15.1 Å². The standard InChI is InChI=1S/C23H18N2O3/c1-2-21(26)12-7-8-14-18(9-12)25-20-11-15-19(10-16(20)23(14)28)24-17-6-4-3-5-13(17)22(15)27/h3-11,21,26H,2H2,1H3,(H,24,27)(H,25,28). The number of fused-ring (bicyclic) bond motifs is 4. The number of nitrogens with one attached hydrogen (secondary N) is 2. The summed E-state index contributed by atoms with van der Waals surface area (Å²) in [5, 5.41) is 12.3. The molecule has 0 saturated heterocycles. The Bertz CT molecular complexity index is 1510. The summed E-state index contributed by atoms with van der Waals surface area (Å²) in [6.07, 6.45) is 0.0190. The lowest BCUT2D eigenvalue weighted by Gasteiger charge is -2.10. The highest BCUT2D eigenvalue weighted by Gasteiger charge is 2.12. The normalized spacial score (nSPS) is 12.9. The van der Waals surface area contributed by atoms with Crippen molar-refractivity contribution in [2.24, 2.45) is 0 Å². The summed E-state index contributed by atoms with van der Waals surface area (Å²) >= 11 is 0. The van der Waals surface area contributed by atoms with Crippen molar-refractivity contribution in [3.63, 3.8) is 0 Å². The van der Waals surface area contributed by atoms with Gasteiger partial charge in [-0.15, -0.1) is 0 Å². The van der Waals surface area contributed by atoms with Crippen molar-refractivity contribution < 1.29 is 5.11 Å². The Kier molecular flexibility index (Phi) is 3.60. The number of aliphatic hydroxyl groups is 1. The zero-order valence-corrected chi connectivity index (χ0v) is 15.2. The zero-order valence-electron chi connectivity index (χ0n) is 15.2. The van der Waals surface area contributed by atoms with E-state index in [1.165, 1.54) is 0 Å². The summed E-state index contributed by atoms with van der Waals surface area (Å²) in [5.74, 6) is 0. The third kappa shape index (κ3) is 2.37. The smallest absolute Gasteiger partial charge is 0.197 e. The molecule has 1 atom stereocenters. The van der Waals surface area contributed by atoms with Gasteiger partial charge in [-0.2, -0.15) is 0 Å². The number of rotatable bonds is 2. The van der Waals surface area contributed by atoms with Crippen LogP contribution in [0.25, 0.3) is 43.6 Å². The van der Waals surface area contributed by atoms with Gasteiger partial charge in [0.25, 0.3) is 0 Å². The minimum Gasteiger partial charge on any atom is -0.388 e. The van der Waals surface area contributed by atoms with Crippen LogP contribution in [-0.2, 0) is 0 Å². The number of para-hydroxylation sites is 1. The van der Waals surface area contributed by atoms with Crippen LogP contribution in [0, 0.1) is 0 Å². The van der Waals surface area contributed by atoms with Crippen LogP contribution >= 0.6 is 0 Å². The molecule has 5 heteroatoms. The van der Waals surface area contributed by atoms with E-state index in [4.69, 9.17) is 0 Å². The van der Waals surface area contributed by atoms with Crippen LogP contribution in [0.2, 0.25) is 0 Å². The zero-order chi connectivity index (χ0) is 19.4. The first-order valence-electron chi connectivity index (χ1n) is 9.29. The first-order valence-corrected chi connectivity index (χ1v) is 9.29. The molecule has 0 amide bonds. The Morgan fingerprint density at radius 2 is 1.32 bits per heavy atom. The molecule has 0 aliphatic heterocycles. The first-order chi connectivity index (χ1) is 13.6. The van der Waals surface area contributed by atoms with E-state index in [1.807, 2.05) is 25.1 Å². The summed E-state index contributed by atoms with van der Waals surface area (Å²) in [4.78, 5) is 32.5. The molecule has 28 heavy (non-hydrogen) atoms. The maximum atomic E-state index is 13.1. The first kappa shape index (κ1) is 16.7. The highest BCUT2D eigenvalue weighted by Crippen LogP contribution is 2.24. The van der Waals surface area contributed by atoms with Gasteiger partial charge in [0.1, 0.15) is 0 Å². The number of hydrogen-bond acceptors (Lipinski definition) is 3. The second kappa shape index (κ2) is 6.04. The van der Waals surface area contributed by atoms with Gasteiger partial charge in [-0.1, -0.05) is 25.1 Å². The molecule has 0 spiro atoms. The summed E-state index contributed by atoms with van der Waals surface area (Å²) in [7, 11) is 0. The topological polar surface area (TPSA) is 85.9 Å². The van der Waals surface area contributed by atoms with E-state index in [1.54, 1.807) is 36.4 Å². The summed E-state index contributed by atoms with van der Waals surface area (Å²) in [6, 6.07) is 16.2. The lowest BCUT2D eigenvalue weighted by molar-refractivity contribution is 0.174. The van der Waals surface area contributed by atoms with E-state index in [9.17, 15) is 14.7 Å². The molecule has 5 nitrogen and oxygen atoms in total. The van der Waals surface area contributed by atoms with Crippen molar-refractivity contribution in [3.05, 3.63) is 80.6 Å². The second-order valence-corrected chi connectivity index (χ2v) is 7.13. The van der Waals surface area contributed by atoms with Gasteiger partial charge < -0.3 is 15.1 Å². The lowest BCUT2D eigenvalue weighted by Crippen LogP contribution is -2.08. The van der Waals surface area contributed by atoms with Crippen LogP contribution < -0.4 is 10.9 Å². The molecule has 0 bridgehead atoms. The van der Waals surface area contributed by atoms with Gasteiger partial charge in [0.2, 0.25) is 0 Å². The third-order valence-electron chi connectivity index (χ3n) is 5.42. The van der Waals surface area contributed by atoms with Crippen LogP contribution in [0.15, 0.2) is 64.2 Å². The molecule has 5 aromatic rings. The van der Waals surface area contributed by atoms with E-state index >= 15 is 0 Å². The number of H-pyrrole nitrogens is 2. The fraction of sp³-hybridized carbons (Fsp3) is 0.130. The largest absolute Gasteiger partial charge is 0.388 e. The number of aromatic amines is 2. The minimum absolute atomic E-state index is 0.0673.